The highest BCUT2D eigenvalue weighted by molar-refractivity contribution is 6.00. The first kappa shape index (κ1) is 14.4. The van der Waals surface area contributed by atoms with Crippen molar-refractivity contribution in [3.63, 3.8) is 0 Å². The van der Waals surface area contributed by atoms with E-state index in [1.807, 2.05) is 0 Å². The minimum atomic E-state index is -0.484. The minimum Gasteiger partial charge on any atom is -0.282 e. The Balaban J connectivity index is 2.12. The number of amides is 1. The van der Waals surface area contributed by atoms with Crippen molar-refractivity contribution in [3.05, 3.63) is 57.4 Å². The molecule has 0 fully saturated rings. The van der Waals surface area contributed by atoms with Gasteiger partial charge in [-0.2, -0.15) is 10.2 Å². The smallest absolute Gasteiger partial charge is 0.282 e. The van der Waals surface area contributed by atoms with Gasteiger partial charge in [-0.1, -0.05) is 12.1 Å². The molecule has 21 heavy (non-hydrogen) atoms. The first-order valence-corrected chi connectivity index (χ1v) is 6.09. The number of carbonyl (C=O) groups is 1. The quantitative estimate of drug-likeness (QED) is 0.506. The van der Waals surface area contributed by atoms with Crippen LogP contribution in [0.2, 0.25) is 0 Å². The molecule has 0 aliphatic carbocycles. The second kappa shape index (κ2) is 5.95. The van der Waals surface area contributed by atoms with Crippen LogP contribution in [-0.2, 0) is 0 Å². The van der Waals surface area contributed by atoms with Crippen molar-refractivity contribution in [2.75, 3.05) is 0 Å². The number of aromatic nitrogens is 2. The molecule has 1 aromatic heterocycles. The van der Waals surface area contributed by atoms with Gasteiger partial charge < -0.3 is 0 Å². The Morgan fingerprint density at radius 3 is 2.81 bits per heavy atom. The third-order valence-electron chi connectivity index (χ3n) is 2.74. The lowest BCUT2D eigenvalue weighted by Gasteiger charge is -2.01. The van der Waals surface area contributed by atoms with Crippen LogP contribution in [0.1, 0.15) is 28.7 Å². The molecule has 1 aromatic carbocycles. The van der Waals surface area contributed by atoms with Crippen LogP contribution >= 0.6 is 0 Å². The van der Waals surface area contributed by atoms with E-state index in [0.717, 1.165) is 5.69 Å². The van der Waals surface area contributed by atoms with E-state index in [-0.39, 0.29) is 11.4 Å². The summed E-state index contributed by atoms with van der Waals surface area (Å²) in [4.78, 5) is 22.0. The minimum absolute atomic E-state index is 0.0312. The van der Waals surface area contributed by atoms with E-state index in [0.29, 0.717) is 11.3 Å². The van der Waals surface area contributed by atoms with Gasteiger partial charge in [-0.3, -0.25) is 20.0 Å². The topological polar surface area (TPSA) is 113 Å². The lowest BCUT2D eigenvalue weighted by Crippen LogP contribution is -2.19. The van der Waals surface area contributed by atoms with Crippen LogP contribution in [0.15, 0.2) is 35.4 Å². The maximum Gasteiger partial charge on any atom is 0.291 e. The third kappa shape index (κ3) is 3.50. The third-order valence-corrected chi connectivity index (χ3v) is 2.74. The molecule has 108 valence electrons. The summed E-state index contributed by atoms with van der Waals surface area (Å²) in [6.07, 6.45) is 0. The van der Waals surface area contributed by atoms with Gasteiger partial charge in [-0.05, 0) is 19.9 Å². The molecular weight excluding hydrogens is 274 g/mol. The summed E-state index contributed by atoms with van der Waals surface area (Å²) in [5.41, 5.74) is 4.33. The molecule has 1 amide bonds. The second-order valence-electron chi connectivity index (χ2n) is 4.38. The van der Waals surface area contributed by atoms with Crippen molar-refractivity contribution in [2.45, 2.75) is 13.8 Å². The summed E-state index contributed by atoms with van der Waals surface area (Å²) >= 11 is 0. The Labute approximate surface area is 120 Å². The Morgan fingerprint density at radius 2 is 2.19 bits per heavy atom. The number of carbonyl (C=O) groups excluding carboxylic acids is 1. The average Bonchev–Trinajstić information content (AvgIpc) is 2.91. The van der Waals surface area contributed by atoms with Gasteiger partial charge in [-0.25, -0.2) is 5.43 Å². The Morgan fingerprint density at radius 1 is 1.43 bits per heavy atom. The van der Waals surface area contributed by atoms with Crippen LogP contribution in [-0.4, -0.2) is 26.7 Å². The molecule has 8 nitrogen and oxygen atoms in total. The molecular formula is C13H13N5O3. The Bertz CT molecular complexity index is 720. The number of rotatable bonds is 4. The van der Waals surface area contributed by atoms with Crippen LogP contribution in [0.25, 0.3) is 0 Å². The van der Waals surface area contributed by atoms with Crippen molar-refractivity contribution in [1.29, 1.82) is 0 Å². The monoisotopic (exact) mass is 287 g/mol. The number of nitrogens with zero attached hydrogens (tertiary/aromatic N) is 3. The van der Waals surface area contributed by atoms with Crippen LogP contribution in [0.3, 0.4) is 0 Å². The van der Waals surface area contributed by atoms with E-state index in [1.54, 1.807) is 32.0 Å². The van der Waals surface area contributed by atoms with E-state index in [4.69, 9.17) is 0 Å². The number of nitro benzene ring substituents is 1. The highest BCUT2D eigenvalue weighted by Gasteiger charge is 2.10. The molecule has 2 rings (SSSR count). The van der Waals surface area contributed by atoms with Crippen LogP contribution in [0.4, 0.5) is 5.69 Å². The number of hydrazone groups is 1. The average molecular weight is 287 g/mol. The van der Waals surface area contributed by atoms with Crippen molar-refractivity contribution >= 4 is 17.3 Å². The van der Waals surface area contributed by atoms with Gasteiger partial charge >= 0.3 is 0 Å². The van der Waals surface area contributed by atoms with Gasteiger partial charge in [0.25, 0.3) is 11.6 Å². The number of aryl methyl sites for hydroxylation is 1. The van der Waals surface area contributed by atoms with E-state index < -0.39 is 10.8 Å². The van der Waals surface area contributed by atoms with Gasteiger partial charge in [0.15, 0.2) is 5.69 Å². The van der Waals surface area contributed by atoms with Gasteiger partial charge in [-0.15, -0.1) is 0 Å². The van der Waals surface area contributed by atoms with Crippen LogP contribution in [0, 0.1) is 17.0 Å². The lowest BCUT2D eigenvalue weighted by atomic mass is 10.1. The Kier molecular flexibility index (Phi) is 4.07. The van der Waals surface area contributed by atoms with Gasteiger partial charge in [0.2, 0.25) is 0 Å². The molecule has 0 aliphatic rings. The highest BCUT2D eigenvalue weighted by atomic mass is 16.6. The number of benzene rings is 1. The molecule has 0 bridgehead atoms. The highest BCUT2D eigenvalue weighted by Crippen LogP contribution is 2.13. The molecule has 8 heteroatoms. The summed E-state index contributed by atoms with van der Waals surface area (Å²) in [7, 11) is 0. The molecule has 2 aromatic rings. The summed E-state index contributed by atoms with van der Waals surface area (Å²) < 4.78 is 0. The molecule has 0 radical (unpaired) electrons. The summed E-state index contributed by atoms with van der Waals surface area (Å²) in [6, 6.07) is 7.61. The summed E-state index contributed by atoms with van der Waals surface area (Å²) in [5.74, 6) is -0.455. The number of aromatic amines is 1. The zero-order valence-corrected chi connectivity index (χ0v) is 11.5. The number of nitro groups is 1. The van der Waals surface area contributed by atoms with E-state index >= 15 is 0 Å². The predicted molar refractivity (Wildman–Crippen MR) is 76.1 cm³/mol. The first-order chi connectivity index (χ1) is 9.97. The van der Waals surface area contributed by atoms with Gasteiger partial charge in [0.1, 0.15) is 0 Å². The van der Waals surface area contributed by atoms with Crippen molar-refractivity contribution in [3.8, 4) is 0 Å². The molecule has 0 unspecified atom stereocenters. The SMILES string of the molecule is C/C(=N\NC(=O)c1cc(C)[nH]n1)c1cccc([N+](=O)[O-])c1. The molecule has 2 N–H and O–H groups in total. The van der Waals surface area contributed by atoms with E-state index in [1.165, 1.54) is 12.1 Å². The molecule has 0 spiro atoms. The summed E-state index contributed by atoms with van der Waals surface area (Å²) in [6.45, 7) is 3.43. The van der Waals surface area contributed by atoms with Crippen molar-refractivity contribution < 1.29 is 9.72 Å². The van der Waals surface area contributed by atoms with Crippen molar-refractivity contribution in [1.82, 2.24) is 15.6 Å². The number of H-pyrrole nitrogens is 1. The normalized spacial score (nSPS) is 11.2. The number of non-ortho nitro benzene ring substituents is 1. The largest absolute Gasteiger partial charge is 0.291 e. The van der Waals surface area contributed by atoms with Gasteiger partial charge in [0.05, 0.1) is 10.6 Å². The maximum absolute atomic E-state index is 11.8. The Hall–Kier alpha value is -3.03. The van der Waals surface area contributed by atoms with Crippen LogP contribution in [0.5, 0.6) is 0 Å². The molecule has 0 atom stereocenters. The zero-order chi connectivity index (χ0) is 15.4. The van der Waals surface area contributed by atoms with Gasteiger partial charge in [0, 0.05) is 23.4 Å². The molecule has 0 saturated heterocycles. The fraction of sp³-hybridized carbons (Fsp3) is 0.154. The lowest BCUT2D eigenvalue weighted by molar-refractivity contribution is -0.384. The molecule has 0 aliphatic heterocycles. The number of hydrogen-bond acceptors (Lipinski definition) is 5. The summed E-state index contributed by atoms with van der Waals surface area (Å²) in [5, 5.41) is 21.1. The molecule has 1 heterocycles. The van der Waals surface area contributed by atoms with Crippen LogP contribution < -0.4 is 5.43 Å². The first-order valence-electron chi connectivity index (χ1n) is 6.09. The zero-order valence-electron chi connectivity index (χ0n) is 11.5. The number of nitrogens with one attached hydrogen (secondary N) is 2. The fourth-order valence-electron chi connectivity index (χ4n) is 1.64. The molecule has 0 saturated carbocycles. The predicted octanol–water partition coefficient (Wildman–Crippen LogP) is 1.78. The fourth-order valence-corrected chi connectivity index (χ4v) is 1.64. The second-order valence-corrected chi connectivity index (χ2v) is 4.38. The van der Waals surface area contributed by atoms with Crippen molar-refractivity contribution in [2.24, 2.45) is 5.10 Å². The van der Waals surface area contributed by atoms with E-state index in [9.17, 15) is 14.9 Å². The standard InChI is InChI=1S/C13H13N5O3/c1-8-6-12(16-14-8)13(19)17-15-9(2)10-4-3-5-11(7-10)18(20)21/h3-7H,1-2H3,(H,14,16)(H,17,19)/b15-9+. The number of hydrogen-bond donors (Lipinski definition) is 2. The maximum atomic E-state index is 11.8. The van der Waals surface area contributed by atoms with E-state index in [2.05, 4.69) is 20.7 Å².